The first-order valence-corrected chi connectivity index (χ1v) is 13.5. The van der Waals surface area contributed by atoms with E-state index in [4.69, 9.17) is 18.9 Å². The second kappa shape index (κ2) is 13.8. The van der Waals surface area contributed by atoms with Crippen molar-refractivity contribution < 1.29 is 48.1 Å². The number of hydrogen-bond donors (Lipinski definition) is 0. The van der Waals surface area contributed by atoms with Crippen molar-refractivity contribution >= 4 is 50.9 Å². The number of nitro benzene ring substituents is 3. The molecule has 0 aliphatic carbocycles. The summed E-state index contributed by atoms with van der Waals surface area (Å²) in [6.45, 7) is -0.512. The topological polar surface area (TPSA) is 218 Å². The molecular formula is C27H20BrN3O13. The highest BCUT2D eigenvalue weighted by Gasteiger charge is 2.44. The van der Waals surface area contributed by atoms with E-state index < -0.39 is 62.6 Å². The van der Waals surface area contributed by atoms with Gasteiger partial charge >= 0.3 is 17.9 Å². The van der Waals surface area contributed by atoms with Crippen LogP contribution in [0.4, 0.5) is 17.1 Å². The molecule has 1 aliphatic heterocycles. The van der Waals surface area contributed by atoms with E-state index in [0.717, 1.165) is 36.4 Å². The summed E-state index contributed by atoms with van der Waals surface area (Å²) in [5, 5.41) is 32.1. The molecule has 1 aliphatic rings. The molecule has 4 rings (SSSR count). The van der Waals surface area contributed by atoms with Crippen LogP contribution in [0.2, 0.25) is 0 Å². The third-order valence-electron chi connectivity index (χ3n) is 6.29. The predicted molar refractivity (Wildman–Crippen MR) is 150 cm³/mol. The van der Waals surface area contributed by atoms with Gasteiger partial charge in [0.05, 0.1) is 31.5 Å². The molecular weight excluding hydrogens is 654 g/mol. The largest absolute Gasteiger partial charge is 0.459 e. The number of esters is 3. The standard InChI is InChI=1S/C27H20BrN3O13/c28-23-13-21(43-26(33)16-3-9-19(10-4-16)30(37)38)24(44-27(34)17-5-11-20(12-6-17)31(39)40)22(42-23)14-41-25(32)15-1-7-18(8-2-15)29(35)36/h1-12,21-24H,13-14H2/t21-,22+,23-,24+/m1/s1. The molecule has 1 saturated heterocycles. The minimum Gasteiger partial charge on any atom is -0.459 e. The number of hydrogen-bond acceptors (Lipinski definition) is 13. The van der Waals surface area contributed by atoms with Crippen LogP contribution in [0.5, 0.6) is 0 Å². The monoisotopic (exact) mass is 673 g/mol. The fourth-order valence-corrected chi connectivity index (χ4v) is 4.72. The number of rotatable bonds is 10. The molecule has 44 heavy (non-hydrogen) atoms. The first-order valence-electron chi connectivity index (χ1n) is 12.5. The summed E-state index contributed by atoms with van der Waals surface area (Å²) in [5.41, 5.74) is -0.875. The van der Waals surface area contributed by atoms with Crippen LogP contribution in [-0.4, -0.2) is 62.6 Å². The number of carbonyl (C=O) groups is 3. The zero-order chi connectivity index (χ0) is 32.0. The second-order valence-electron chi connectivity index (χ2n) is 9.14. The molecule has 1 fully saturated rings. The maximum atomic E-state index is 13.0. The summed E-state index contributed by atoms with van der Waals surface area (Å²) in [4.78, 5) is 69.5. The van der Waals surface area contributed by atoms with Crippen molar-refractivity contribution in [3.05, 3.63) is 120 Å². The van der Waals surface area contributed by atoms with Gasteiger partial charge in [-0.05, 0) is 36.4 Å². The molecule has 0 N–H and O–H groups in total. The number of ether oxygens (including phenoxy) is 4. The van der Waals surface area contributed by atoms with Gasteiger partial charge in [-0.1, -0.05) is 15.9 Å². The second-order valence-corrected chi connectivity index (χ2v) is 10.2. The molecule has 0 spiro atoms. The minimum absolute atomic E-state index is 0.0117. The Morgan fingerprint density at radius 2 is 1.07 bits per heavy atom. The molecule has 0 aromatic heterocycles. The van der Waals surface area contributed by atoms with Crippen LogP contribution in [0.25, 0.3) is 0 Å². The molecule has 3 aromatic rings. The Bertz CT molecular complexity index is 1580. The number of nitrogens with zero attached hydrogens (tertiary/aromatic N) is 3. The van der Waals surface area contributed by atoms with Gasteiger partial charge in [-0.15, -0.1) is 0 Å². The first kappa shape index (κ1) is 31.6. The summed E-state index contributed by atoms with van der Waals surface area (Å²) in [7, 11) is 0. The van der Waals surface area contributed by atoms with E-state index in [9.17, 15) is 44.7 Å². The molecule has 3 aromatic carbocycles. The Morgan fingerprint density at radius 1 is 0.682 bits per heavy atom. The van der Waals surface area contributed by atoms with Gasteiger partial charge in [-0.2, -0.15) is 0 Å². The smallest absolute Gasteiger partial charge is 0.338 e. The number of benzene rings is 3. The van der Waals surface area contributed by atoms with Crippen LogP contribution in [0.3, 0.4) is 0 Å². The zero-order valence-electron chi connectivity index (χ0n) is 22.2. The normalized spacial score (nSPS) is 19.3. The molecule has 4 atom stereocenters. The number of halogens is 1. The summed E-state index contributed by atoms with van der Waals surface area (Å²) in [6, 6.07) is 13.7. The Balaban J connectivity index is 1.55. The maximum absolute atomic E-state index is 13.0. The Hall–Kier alpha value is -5.29. The van der Waals surface area contributed by atoms with Crippen molar-refractivity contribution in [2.24, 2.45) is 0 Å². The first-order chi connectivity index (χ1) is 20.9. The van der Waals surface area contributed by atoms with Gasteiger partial charge in [0, 0.05) is 42.8 Å². The molecule has 17 heteroatoms. The van der Waals surface area contributed by atoms with Crippen molar-refractivity contribution in [2.75, 3.05) is 6.61 Å². The van der Waals surface area contributed by atoms with Gasteiger partial charge in [0.15, 0.2) is 6.10 Å². The molecule has 16 nitrogen and oxygen atoms in total. The van der Waals surface area contributed by atoms with Crippen molar-refractivity contribution in [3.8, 4) is 0 Å². The van der Waals surface area contributed by atoms with E-state index in [1.165, 1.54) is 36.4 Å². The van der Waals surface area contributed by atoms with Crippen molar-refractivity contribution in [1.82, 2.24) is 0 Å². The summed E-state index contributed by atoms with van der Waals surface area (Å²) < 4.78 is 22.4. The molecule has 228 valence electrons. The SMILES string of the molecule is O=C(OC[C@@H]1O[C@@H](Br)C[C@@H](OC(=O)c2ccc([N+](=O)[O-])cc2)[C@@H]1OC(=O)c1ccc([N+](=O)[O-])cc1)c1ccc([N+](=O)[O-])cc1. The van der Waals surface area contributed by atoms with Gasteiger partial charge in [-0.3, -0.25) is 30.3 Å². The predicted octanol–water partition coefficient (Wildman–Crippen LogP) is 4.53. The third kappa shape index (κ3) is 7.75. The van der Waals surface area contributed by atoms with Gasteiger partial charge in [0.1, 0.15) is 23.8 Å². The Kier molecular flexibility index (Phi) is 9.92. The number of non-ortho nitro benzene ring substituents is 3. The van der Waals surface area contributed by atoms with Gasteiger partial charge < -0.3 is 18.9 Å². The van der Waals surface area contributed by atoms with Crippen molar-refractivity contribution in [2.45, 2.75) is 29.7 Å². The van der Waals surface area contributed by atoms with Gasteiger partial charge in [0.2, 0.25) is 0 Å². The fourth-order valence-electron chi connectivity index (χ4n) is 4.08. The molecule has 1 heterocycles. The fraction of sp³-hybridized carbons (Fsp3) is 0.222. The third-order valence-corrected chi connectivity index (χ3v) is 6.88. The van der Waals surface area contributed by atoms with E-state index in [1.807, 2.05) is 0 Å². The number of alkyl halides is 1. The summed E-state index contributed by atoms with van der Waals surface area (Å²) in [5.74, 6) is -2.73. The van der Waals surface area contributed by atoms with E-state index in [-0.39, 0.29) is 40.2 Å². The minimum atomic E-state index is -1.36. The number of nitro groups is 3. The lowest BCUT2D eigenvalue weighted by Crippen LogP contribution is -2.52. The summed E-state index contributed by atoms with van der Waals surface area (Å²) >= 11 is 3.28. The van der Waals surface area contributed by atoms with E-state index in [2.05, 4.69) is 15.9 Å². The van der Waals surface area contributed by atoms with Crippen LogP contribution in [0.1, 0.15) is 37.5 Å². The lowest BCUT2D eigenvalue weighted by atomic mass is 10.0. The highest BCUT2D eigenvalue weighted by Crippen LogP contribution is 2.30. The van der Waals surface area contributed by atoms with Crippen LogP contribution in [-0.2, 0) is 18.9 Å². The molecule has 0 saturated carbocycles. The Morgan fingerprint density at radius 3 is 1.48 bits per heavy atom. The molecule has 0 unspecified atom stereocenters. The quantitative estimate of drug-likeness (QED) is 0.0950. The highest BCUT2D eigenvalue weighted by atomic mass is 79.9. The molecule has 0 amide bonds. The average Bonchev–Trinajstić information content (AvgIpc) is 3.01. The van der Waals surface area contributed by atoms with Crippen molar-refractivity contribution in [1.29, 1.82) is 0 Å². The van der Waals surface area contributed by atoms with Crippen LogP contribution in [0.15, 0.2) is 72.8 Å². The average molecular weight is 674 g/mol. The zero-order valence-corrected chi connectivity index (χ0v) is 23.8. The van der Waals surface area contributed by atoms with E-state index >= 15 is 0 Å². The Labute approximate surface area is 255 Å². The van der Waals surface area contributed by atoms with Crippen LogP contribution in [0, 0.1) is 30.3 Å². The maximum Gasteiger partial charge on any atom is 0.338 e. The van der Waals surface area contributed by atoms with Crippen LogP contribution >= 0.6 is 15.9 Å². The van der Waals surface area contributed by atoms with E-state index in [1.54, 1.807) is 0 Å². The van der Waals surface area contributed by atoms with Crippen LogP contribution < -0.4 is 0 Å². The van der Waals surface area contributed by atoms with E-state index in [0.29, 0.717) is 0 Å². The molecule has 0 bridgehead atoms. The van der Waals surface area contributed by atoms with Gasteiger partial charge in [-0.25, -0.2) is 14.4 Å². The van der Waals surface area contributed by atoms with Gasteiger partial charge in [0.25, 0.3) is 17.1 Å². The lowest BCUT2D eigenvalue weighted by molar-refractivity contribution is -0.385. The molecule has 0 radical (unpaired) electrons. The lowest BCUT2D eigenvalue weighted by Gasteiger charge is -2.38. The summed E-state index contributed by atoms with van der Waals surface area (Å²) in [6.07, 6.45) is -3.78. The highest BCUT2D eigenvalue weighted by molar-refractivity contribution is 9.09. The van der Waals surface area contributed by atoms with Crippen molar-refractivity contribution in [3.63, 3.8) is 0 Å². The number of carbonyl (C=O) groups excluding carboxylic acids is 3.